The van der Waals surface area contributed by atoms with Crippen LogP contribution in [0.5, 0.6) is 0 Å². The summed E-state index contributed by atoms with van der Waals surface area (Å²) < 4.78 is 46.8. The van der Waals surface area contributed by atoms with Crippen LogP contribution in [0.2, 0.25) is 0 Å². The first-order valence-electron chi connectivity index (χ1n) is 9.32. The summed E-state index contributed by atoms with van der Waals surface area (Å²) in [6.45, 7) is 0.163. The quantitative estimate of drug-likeness (QED) is 0.619. The van der Waals surface area contributed by atoms with Gasteiger partial charge < -0.3 is 19.9 Å². The van der Waals surface area contributed by atoms with Crippen molar-refractivity contribution >= 4 is 17.7 Å². The number of nitrogens with one attached hydrogen (secondary N) is 2. The Bertz CT molecular complexity index is 1160. The van der Waals surface area contributed by atoms with E-state index >= 15 is 0 Å². The summed E-state index contributed by atoms with van der Waals surface area (Å²) >= 11 is 0. The molecule has 1 aromatic heterocycles. The number of anilines is 1. The van der Waals surface area contributed by atoms with Crippen molar-refractivity contribution in [2.24, 2.45) is 0 Å². The largest absolute Gasteiger partial charge is 0.465 e. The van der Waals surface area contributed by atoms with Gasteiger partial charge in [-0.15, -0.1) is 0 Å². The summed E-state index contributed by atoms with van der Waals surface area (Å²) in [5.74, 6) is -3.65. The number of ether oxygens (including phenoxy) is 1. The molecule has 4 rings (SSSR count). The molecular weight excluding hydrogens is 413 g/mol. The maximum Gasteiger partial charge on any atom is 0.340 e. The number of fused-ring (bicyclic) bond motifs is 1. The van der Waals surface area contributed by atoms with E-state index < -0.39 is 35.5 Å². The maximum absolute atomic E-state index is 14.6. The predicted octanol–water partition coefficient (Wildman–Crippen LogP) is 3.79. The van der Waals surface area contributed by atoms with Crippen LogP contribution in [0.15, 0.2) is 42.7 Å². The Morgan fingerprint density at radius 1 is 1.23 bits per heavy atom. The number of aromatic nitrogens is 2. The highest BCUT2D eigenvalue weighted by atomic mass is 19.2. The number of esters is 1. The van der Waals surface area contributed by atoms with Crippen LogP contribution in [-0.2, 0) is 11.2 Å². The van der Waals surface area contributed by atoms with Crippen molar-refractivity contribution in [1.82, 2.24) is 14.9 Å². The second-order valence-electron chi connectivity index (χ2n) is 6.87. The molecule has 0 saturated carbocycles. The topological polar surface area (TPSA) is 87.3 Å². The molecule has 0 aliphatic carbocycles. The Morgan fingerprint density at radius 2 is 2.03 bits per heavy atom. The van der Waals surface area contributed by atoms with Crippen molar-refractivity contribution in [2.75, 3.05) is 19.0 Å². The second-order valence-corrected chi connectivity index (χ2v) is 6.87. The van der Waals surface area contributed by atoms with Crippen molar-refractivity contribution in [3.63, 3.8) is 0 Å². The molecule has 160 valence electrons. The van der Waals surface area contributed by atoms with Gasteiger partial charge in [0.2, 0.25) is 0 Å². The van der Waals surface area contributed by atoms with Crippen LogP contribution in [0.3, 0.4) is 0 Å². The van der Waals surface area contributed by atoms with Gasteiger partial charge in [-0.3, -0.25) is 0 Å². The van der Waals surface area contributed by atoms with Gasteiger partial charge in [-0.1, -0.05) is 12.1 Å². The number of urea groups is 1. The van der Waals surface area contributed by atoms with Gasteiger partial charge in [-0.05, 0) is 24.3 Å². The molecule has 2 heterocycles. The Morgan fingerprint density at radius 3 is 2.81 bits per heavy atom. The number of methoxy groups -OCH3 is 1. The summed E-state index contributed by atoms with van der Waals surface area (Å²) in [6, 6.07) is 5.25. The average Bonchev–Trinajstić information content (AvgIpc) is 3.24. The smallest absolute Gasteiger partial charge is 0.340 e. The lowest BCUT2D eigenvalue weighted by atomic mass is 9.95. The number of halogens is 3. The van der Waals surface area contributed by atoms with Crippen molar-refractivity contribution in [2.45, 2.75) is 12.5 Å². The first-order valence-corrected chi connectivity index (χ1v) is 9.32. The lowest BCUT2D eigenvalue weighted by Crippen LogP contribution is -2.43. The van der Waals surface area contributed by atoms with Crippen molar-refractivity contribution in [3.8, 4) is 0 Å². The zero-order valence-electron chi connectivity index (χ0n) is 16.3. The summed E-state index contributed by atoms with van der Waals surface area (Å²) in [7, 11) is 1.13. The highest BCUT2D eigenvalue weighted by Crippen LogP contribution is 2.35. The highest BCUT2D eigenvalue weighted by Gasteiger charge is 2.36. The van der Waals surface area contributed by atoms with Crippen molar-refractivity contribution in [3.05, 3.63) is 82.7 Å². The number of carbonyl (C=O) groups is 2. The van der Waals surface area contributed by atoms with Crippen LogP contribution in [0.25, 0.3) is 0 Å². The minimum absolute atomic E-state index is 0.0181. The maximum atomic E-state index is 14.6. The molecule has 1 aliphatic rings. The lowest BCUT2D eigenvalue weighted by molar-refractivity contribution is 0.0601. The fourth-order valence-corrected chi connectivity index (χ4v) is 3.63. The van der Waals surface area contributed by atoms with Gasteiger partial charge in [0.25, 0.3) is 0 Å². The second kappa shape index (κ2) is 8.13. The van der Waals surface area contributed by atoms with Gasteiger partial charge >= 0.3 is 12.0 Å². The SMILES string of the molecule is COC(=O)c1cc(F)ccc1NC(=O)N1CCc2[nH]cnc2C1c1cccc(F)c1F. The summed E-state index contributed by atoms with van der Waals surface area (Å²) in [5, 5.41) is 2.54. The van der Waals surface area contributed by atoms with Crippen LogP contribution < -0.4 is 5.32 Å². The van der Waals surface area contributed by atoms with Crippen LogP contribution >= 0.6 is 0 Å². The Kier molecular flexibility index (Phi) is 5.37. The van der Waals surface area contributed by atoms with E-state index in [-0.39, 0.29) is 23.4 Å². The predicted molar refractivity (Wildman–Crippen MR) is 104 cm³/mol. The Labute approximate surface area is 174 Å². The molecule has 31 heavy (non-hydrogen) atoms. The fourth-order valence-electron chi connectivity index (χ4n) is 3.63. The van der Waals surface area contributed by atoms with Crippen LogP contribution in [0.1, 0.15) is 33.4 Å². The van der Waals surface area contributed by atoms with Gasteiger partial charge in [0.05, 0.1) is 30.4 Å². The van der Waals surface area contributed by atoms with E-state index in [1.807, 2.05) is 0 Å². The normalized spacial score (nSPS) is 15.4. The molecule has 0 bridgehead atoms. The molecule has 10 heteroatoms. The zero-order chi connectivity index (χ0) is 22.1. The van der Waals surface area contributed by atoms with Crippen molar-refractivity contribution in [1.29, 1.82) is 0 Å². The lowest BCUT2D eigenvalue weighted by Gasteiger charge is -2.35. The third kappa shape index (κ3) is 3.72. The zero-order valence-corrected chi connectivity index (χ0v) is 16.3. The number of amides is 2. The molecule has 0 saturated heterocycles. The minimum Gasteiger partial charge on any atom is -0.465 e. The van der Waals surface area contributed by atoms with E-state index in [1.165, 1.54) is 29.4 Å². The molecule has 1 atom stereocenters. The molecule has 3 aromatic rings. The molecule has 0 spiro atoms. The number of H-pyrrole nitrogens is 1. The number of benzene rings is 2. The first-order chi connectivity index (χ1) is 14.9. The van der Waals surface area contributed by atoms with E-state index in [1.54, 1.807) is 0 Å². The van der Waals surface area contributed by atoms with Crippen LogP contribution in [-0.4, -0.2) is 40.5 Å². The first kappa shape index (κ1) is 20.5. The van der Waals surface area contributed by atoms with E-state index in [4.69, 9.17) is 0 Å². The summed E-state index contributed by atoms with van der Waals surface area (Å²) in [6.07, 6.45) is 1.83. The number of hydrogen-bond donors (Lipinski definition) is 2. The van der Waals surface area contributed by atoms with Gasteiger partial charge in [0.15, 0.2) is 11.6 Å². The van der Waals surface area contributed by atoms with E-state index in [9.17, 15) is 22.8 Å². The Balaban J connectivity index is 1.72. The highest BCUT2D eigenvalue weighted by molar-refractivity contribution is 6.01. The third-order valence-corrected chi connectivity index (χ3v) is 5.09. The van der Waals surface area contributed by atoms with Crippen LogP contribution in [0.4, 0.5) is 23.7 Å². The molecular formula is C21H17F3N4O3. The number of nitrogens with zero attached hydrogens (tertiary/aromatic N) is 2. The monoisotopic (exact) mass is 430 g/mol. The number of imidazole rings is 1. The molecule has 2 aromatic carbocycles. The molecule has 1 unspecified atom stereocenters. The van der Waals surface area contributed by atoms with Gasteiger partial charge in [0, 0.05) is 24.2 Å². The number of aromatic amines is 1. The third-order valence-electron chi connectivity index (χ3n) is 5.09. The summed E-state index contributed by atoms with van der Waals surface area (Å²) in [4.78, 5) is 33.6. The number of hydrogen-bond acceptors (Lipinski definition) is 4. The molecule has 0 fully saturated rings. The van der Waals surface area contributed by atoms with Gasteiger partial charge in [-0.2, -0.15) is 0 Å². The molecule has 0 radical (unpaired) electrons. The van der Waals surface area contributed by atoms with Crippen LogP contribution in [0, 0.1) is 17.5 Å². The van der Waals surface area contributed by atoms with Gasteiger partial charge in [0.1, 0.15) is 11.9 Å². The van der Waals surface area contributed by atoms with E-state index in [2.05, 4.69) is 20.0 Å². The number of rotatable bonds is 3. The fraction of sp³-hybridized carbons (Fsp3) is 0.190. The summed E-state index contributed by atoms with van der Waals surface area (Å²) in [5.41, 5.74) is 0.870. The number of carbonyl (C=O) groups excluding carboxylic acids is 2. The molecule has 1 aliphatic heterocycles. The standard InChI is InChI=1S/C21H17F3N4O3/c1-31-20(29)13-9-11(22)5-6-15(13)27-21(30)28-8-7-16-18(26-10-25-16)19(28)12-3-2-4-14(23)17(12)24/h2-6,9-10,19H,7-8H2,1H3,(H,25,26)(H,27,30). The molecule has 7 nitrogen and oxygen atoms in total. The van der Waals surface area contributed by atoms with Gasteiger partial charge in [-0.25, -0.2) is 27.7 Å². The average molecular weight is 430 g/mol. The molecule has 2 amide bonds. The van der Waals surface area contributed by atoms with E-state index in [0.29, 0.717) is 17.8 Å². The van der Waals surface area contributed by atoms with E-state index in [0.717, 1.165) is 25.3 Å². The Hall–Kier alpha value is -3.82. The minimum atomic E-state index is -1.09. The molecule has 2 N–H and O–H groups in total. The van der Waals surface area contributed by atoms with Crippen molar-refractivity contribution < 1.29 is 27.5 Å².